The molecule has 1 aromatic heterocycles. The van der Waals surface area contributed by atoms with Crippen LogP contribution in [0.25, 0.3) is 0 Å². The van der Waals surface area contributed by atoms with Crippen LogP contribution in [0.15, 0.2) is 11.3 Å². The average molecular weight is 523 g/mol. The molecule has 10 heteroatoms. The predicted octanol–water partition coefficient (Wildman–Crippen LogP) is 2.71. The molecule has 0 spiro atoms. The Morgan fingerprint density at radius 2 is 1.86 bits per heavy atom. The number of halogens is 1. The summed E-state index contributed by atoms with van der Waals surface area (Å²) in [6.07, 6.45) is 3.72. The Labute approximate surface area is 191 Å². The summed E-state index contributed by atoms with van der Waals surface area (Å²) in [6, 6.07) is 0. The van der Waals surface area contributed by atoms with Crippen molar-refractivity contribution in [2.45, 2.75) is 78.5 Å². The normalized spacial score (nSPS) is 12.2. The van der Waals surface area contributed by atoms with Crippen molar-refractivity contribution in [3.05, 3.63) is 12.2 Å². The minimum Gasteiger partial charge on any atom is -0.444 e. The molecule has 1 aromatic rings. The maximum atomic E-state index is 12.2. The summed E-state index contributed by atoms with van der Waals surface area (Å²) in [6.45, 7) is 13.7. The molecule has 0 unspecified atom stereocenters. The number of guanidine groups is 1. The third-order valence-electron chi connectivity index (χ3n) is 4.59. The zero-order valence-corrected chi connectivity index (χ0v) is 21.2. The van der Waals surface area contributed by atoms with Gasteiger partial charge in [0, 0.05) is 33.1 Å². The summed E-state index contributed by atoms with van der Waals surface area (Å²) in [5.41, 5.74) is -0.939. The van der Waals surface area contributed by atoms with Crippen LogP contribution < -0.4 is 16.0 Å². The lowest BCUT2D eigenvalue weighted by atomic mass is 9.93. The average Bonchev–Trinajstić information content (AvgIpc) is 3.09. The maximum Gasteiger partial charge on any atom is 0.408 e. The number of nitrogens with zero attached hydrogens (tertiary/aromatic N) is 4. The highest BCUT2D eigenvalue weighted by atomic mass is 127. The highest BCUT2D eigenvalue weighted by Crippen LogP contribution is 2.16. The van der Waals surface area contributed by atoms with Crippen LogP contribution in [0.4, 0.5) is 4.79 Å². The summed E-state index contributed by atoms with van der Waals surface area (Å²) in [5.74, 6) is 1.64. The second kappa shape index (κ2) is 12.9. The van der Waals surface area contributed by atoms with Crippen molar-refractivity contribution < 1.29 is 9.53 Å². The van der Waals surface area contributed by atoms with Gasteiger partial charge in [0.05, 0.1) is 5.54 Å². The summed E-state index contributed by atoms with van der Waals surface area (Å²) in [7, 11) is 1.73. The Hall–Kier alpha value is -1.59. The fourth-order valence-corrected chi connectivity index (χ4v) is 2.75. The van der Waals surface area contributed by atoms with Gasteiger partial charge in [0.15, 0.2) is 5.96 Å². The number of aromatic nitrogens is 3. The van der Waals surface area contributed by atoms with Crippen LogP contribution in [0.1, 0.15) is 60.2 Å². The molecule has 1 rings (SSSR count). The molecule has 0 fully saturated rings. The smallest absolute Gasteiger partial charge is 0.408 e. The van der Waals surface area contributed by atoms with E-state index in [2.05, 4.69) is 51.9 Å². The van der Waals surface area contributed by atoms with E-state index in [1.807, 2.05) is 25.3 Å². The monoisotopic (exact) mass is 523 g/mol. The van der Waals surface area contributed by atoms with Gasteiger partial charge in [-0.1, -0.05) is 20.8 Å². The second-order valence-corrected chi connectivity index (χ2v) is 7.76. The molecule has 9 nitrogen and oxygen atoms in total. The van der Waals surface area contributed by atoms with Gasteiger partial charge in [0.1, 0.15) is 17.8 Å². The SMILES string of the molecule is CCc1nncn1CCNC(=NC)NCC(CC)(CC)NC(=O)OC(C)(C)C.I. The van der Waals surface area contributed by atoms with E-state index < -0.39 is 17.2 Å². The zero-order valence-electron chi connectivity index (χ0n) is 18.8. The molecule has 29 heavy (non-hydrogen) atoms. The fraction of sp³-hybridized carbons (Fsp3) is 0.789. The van der Waals surface area contributed by atoms with Gasteiger partial charge in [-0.3, -0.25) is 4.99 Å². The first kappa shape index (κ1) is 27.4. The Bertz CT molecular complexity index is 637. The number of alkyl carbamates (subject to hydrolysis) is 1. The number of carbonyl (C=O) groups excluding carboxylic acids is 1. The number of carbonyl (C=O) groups is 1. The third-order valence-corrected chi connectivity index (χ3v) is 4.59. The van der Waals surface area contributed by atoms with Crippen LogP contribution in [0.3, 0.4) is 0 Å². The lowest BCUT2D eigenvalue weighted by Gasteiger charge is -2.34. The number of rotatable bonds is 9. The molecule has 0 aromatic carbocycles. The first-order chi connectivity index (χ1) is 13.2. The molecule has 0 radical (unpaired) electrons. The molecule has 0 aliphatic rings. The first-order valence-corrected chi connectivity index (χ1v) is 10.0. The lowest BCUT2D eigenvalue weighted by molar-refractivity contribution is 0.0448. The largest absolute Gasteiger partial charge is 0.444 e. The van der Waals surface area contributed by atoms with Crippen LogP contribution in [0, 0.1) is 0 Å². The van der Waals surface area contributed by atoms with Crippen LogP contribution in [0.5, 0.6) is 0 Å². The third kappa shape index (κ3) is 9.64. The fourth-order valence-electron chi connectivity index (χ4n) is 2.75. The second-order valence-electron chi connectivity index (χ2n) is 7.76. The highest BCUT2D eigenvalue weighted by Gasteiger charge is 2.30. The molecular weight excluding hydrogens is 485 g/mol. The van der Waals surface area contributed by atoms with Gasteiger partial charge in [0.2, 0.25) is 0 Å². The first-order valence-electron chi connectivity index (χ1n) is 10.0. The summed E-state index contributed by atoms with van der Waals surface area (Å²) in [4.78, 5) is 16.5. The molecule has 1 amide bonds. The van der Waals surface area contributed by atoms with Crippen molar-refractivity contribution >= 4 is 36.0 Å². The molecule has 0 bridgehead atoms. The number of hydrogen-bond acceptors (Lipinski definition) is 5. The van der Waals surface area contributed by atoms with Gasteiger partial charge in [0.25, 0.3) is 0 Å². The number of amides is 1. The molecule has 0 saturated carbocycles. The number of ether oxygens (including phenoxy) is 1. The minimum absolute atomic E-state index is 0. The minimum atomic E-state index is -0.526. The van der Waals surface area contributed by atoms with E-state index in [0.29, 0.717) is 19.0 Å². The Balaban J connectivity index is 0.00000784. The van der Waals surface area contributed by atoms with Gasteiger partial charge in [-0.15, -0.1) is 34.2 Å². The van der Waals surface area contributed by atoms with E-state index in [9.17, 15) is 4.79 Å². The number of nitrogens with one attached hydrogen (secondary N) is 3. The quantitative estimate of drug-likeness (QED) is 0.261. The van der Waals surface area contributed by atoms with E-state index in [1.54, 1.807) is 13.4 Å². The molecule has 0 aliphatic carbocycles. The topological polar surface area (TPSA) is 105 Å². The van der Waals surface area contributed by atoms with Crippen molar-refractivity contribution in [1.29, 1.82) is 0 Å². The van der Waals surface area contributed by atoms with E-state index in [1.165, 1.54) is 0 Å². The molecule has 0 atom stereocenters. The lowest BCUT2D eigenvalue weighted by Crippen LogP contribution is -2.57. The summed E-state index contributed by atoms with van der Waals surface area (Å²) >= 11 is 0. The van der Waals surface area contributed by atoms with Crippen molar-refractivity contribution in [2.75, 3.05) is 20.1 Å². The zero-order chi connectivity index (χ0) is 21.2. The van der Waals surface area contributed by atoms with E-state index in [4.69, 9.17) is 4.74 Å². The maximum absolute atomic E-state index is 12.2. The summed E-state index contributed by atoms with van der Waals surface area (Å²) < 4.78 is 7.44. The van der Waals surface area contributed by atoms with Gasteiger partial charge in [-0.05, 0) is 33.6 Å². The van der Waals surface area contributed by atoms with E-state index in [-0.39, 0.29) is 24.0 Å². The van der Waals surface area contributed by atoms with Crippen LogP contribution in [-0.4, -0.2) is 58.1 Å². The Kier molecular flexibility index (Phi) is 12.2. The molecule has 168 valence electrons. The van der Waals surface area contributed by atoms with Crippen molar-refractivity contribution in [2.24, 2.45) is 4.99 Å². The molecule has 3 N–H and O–H groups in total. The molecule has 1 heterocycles. The predicted molar refractivity (Wildman–Crippen MR) is 127 cm³/mol. The number of hydrogen-bond donors (Lipinski definition) is 3. The van der Waals surface area contributed by atoms with Crippen LogP contribution in [0.2, 0.25) is 0 Å². The molecule has 0 saturated heterocycles. The van der Waals surface area contributed by atoms with Gasteiger partial charge >= 0.3 is 6.09 Å². The van der Waals surface area contributed by atoms with Crippen molar-refractivity contribution in [1.82, 2.24) is 30.7 Å². The highest BCUT2D eigenvalue weighted by molar-refractivity contribution is 14.0. The number of aliphatic imine (C=N–C) groups is 1. The van der Waals surface area contributed by atoms with Crippen molar-refractivity contribution in [3.8, 4) is 0 Å². The van der Waals surface area contributed by atoms with E-state index in [0.717, 1.165) is 31.6 Å². The van der Waals surface area contributed by atoms with Crippen molar-refractivity contribution in [3.63, 3.8) is 0 Å². The molecule has 0 aliphatic heterocycles. The molecular formula is C19H38IN7O2. The van der Waals surface area contributed by atoms with Gasteiger partial charge < -0.3 is 25.3 Å². The number of aryl methyl sites for hydroxylation is 1. The Morgan fingerprint density at radius 1 is 1.21 bits per heavy atom. The summed E-state index contributed by atoms with van der Waals surface area (Å²) in [5, 5.41) is 17.7. The van der Waals surface area contributed by atoms with Gasteiger partial charge in [-0.2, -0.15) is 0 Å². The van der Waals surface area contributed by atoms with E-state index >= 15 is 0 Å². The Morgan fingerprint density at radius 3 is 2.38 bits per heavy atom. The van der Waals surface area contributed by atoms with Crippen LogP contribution in [-0.2, 0) is 17.7 Å². The van der Waals surface area contributed by atoms with Crippen LogP contribution >= 0.6 is 24.0 Å². The van der Waals surface area contributed by atoms with Gasteiger partial charge in [-0.25, -0.2) is 4.79 Å². The standard InChI is InChI=1S/C19H37N7O2.HI/c1-8-15-25-23-14-26(15)12-11-21-16(20-7)22-13-19(9-2,10-3)24-17(27)28-18(4,5)6;/h14H,8-13H2,1-7H3,(H,24,27)(H2,20,21,22);1H.